The molecule has 88 valence electrons. The van der Waals surface area contributed by atoms with Gasteiger partial charge in [0.05, 0.1) is 4.47 Å². The molecule has 1 unspecified atom stereocenters. The molecular formula is C11H16BrN3O. The average molecular weight is 286 g/mol. The summed E-state index contributed by atoms with van der Waals surface area (Å²) < 4.78 is 6.52. The number of piperidine rings is 1. The van der Waals surface area contributed by atoms with Crippen LogP contribution in [0.4, 0.5) is 0 Å². The van der Waals surface area contributed by atoms with Crippen LogP contribution in [0.25, 0.3) is 0 Å². The lowest BCUT2D eigenvalue weighted by Gasteiger charge is -2.31. The Morgan fingerprint density at radius 2 is 2.44 bits per heavy atom. The number of hydrogen-bond acceptors (Lipinski definition) is 4. The topological polar surface area (TPSA) is 38.2 Å². The average Bonchev–Trinajstić information content (AvgIpc) is 2.30. The van der Waals surface area contributed by atoms with Crippen LogP contribution in [0, 0.1) is 0 Å². The second-order valence-electron chi connectivity index (χ2n) is 4.12. The van der Waals surface area contributed by atoms with Gasteiger partial charge in [0.15, 0.2) is 0 Å². The molecule has 1 saturated heterocycles. The standard InChI is InChI=1S/C11H16BrN3O/c1-15-5-3-2-4-9(15)7-16-11-10(12)6-13-8-14-11/h6,8-9H,2-5,7H2,1H3. The van der Waals surface area contributed by atoms with E-state index in [1.807, 2.05) is 0 Å². The van der Waals surface area contributed by atoms with Crippen molar-refractivity contribution in [2.75, 3.05) is 20.2 Å². The molecule has 5 heteroatoms. The zero-order chi connectivity index (χ0) is 11.4. The van der Waals surface area contributed by atoms with Gasteiger partial charge in [0.25, 0.3) is 0 Å². The van der Waals surface area contributed by atoms with Gasteiger partial charge in [0, 0.05) is 12.2 Å². The van der Waals surface area contributed by atoms with Crippen molar-refractivity contribution in [1.29, 1.82) is 0 Å². The second-order valence-corrected chi connectivity index (χ2v) is 4.97. The quantitative estimate of drug-likeness (QED) is 0.853. The number of nitrogens with zero attached hydrogens (tertiary/aromatic N) is 3. The molecule has 0 aliphatic carbocycles. The number of rotatable bonds is 3. The smallest absolute Gasteiger partial charge is 0.231 e. The highest BCUT2D eigenvalue weighted by molar-refractivity contribution is 9.10. The lowest BCUT2D eigenvalue weighted by molar-refractivity contribution is 0.122. The van der Waals surface area contributed by atoms with Gasteiger partial charge in [0.1, 0.15) is 12.9 Å². The van der Waals surface area contributed by atoms with Crippen molar-refractivity contribution >= 4 is 15.9 Å². The minimum absolute atomic E-state index is 0.510. The monoisotopic (exact) mass is 285 g/mol. The van der Waals surface area contributed by atoms with Crippen LogP contribution in [0.15, 0.2) is 17.0 Å². The lowest BCUT2D eigenvalue weighted by atomic mass is 10.0. The fourth-order valence-corrected chi connectivity index (χ4v) is 2.27. The molecular weight excluding hydrogens is 270 g/mol. The number of ether oxygens (including phenoxy) is 1. The van der Waals surface area contributed by atoms with Gasteiger partial charge in [-0.3, -0.25) is 0 Å². The van der Waals surface area contributed by atoms with Gasteiger partial charge in [-0.1, -0.05) is 6.42 Å². The molecule has 0 saturated carbocycles. The molecule has 0 spiro atoms. The van der Waals surface area contributed by atoms with Crippen molar-refractivity contribution in [2.45, 2.75) is 25.3 Å². The van der Waals surface area contributed by atoms with Crippen LogP contribution in [0.5, 0.6) is 5.88 Å². The van der Waals surface area contributed by atoms with Crippen molar-refractivity contribution in [1.82, 2.24) is 14.9 Å². The summed E-state index contributed by atoms with van der Waals surface area (Å²) in [6.45, 7) is 1.87. The van der Waals surface area contributed by atoms with Crippen LogP contribution in [0.3, 0.4) is 0 Å². The third-order valence-electron chi connectivity index (χ3n) is 2.97. The van der Waals surface area contributed by atoms with E-state index in [-0.39, 0.29) is 0 Å². The number of likely N-dealkylation sites (N-methyl/N-ethyl adjacent to an activating group) is 1. The van der Waals surface area contributed by atoms with Crippen LogP contribution in [-0.4, -0.2) is 41.1 Å². The summed E-state index contributed by atoms with van der Waals surface area (Å²) in [4.78, 5) is 10.4. The van der Waals surface area contributed by atoms with Crippen LogP contribution in [0.2, 0.25) is 0 Å². The first kappa shape index (κ1) is 11.8. The molecule has 0 N–H and O–H groups in total. The van der Waals surface area contributed by atoms with Gasteiger partial charge in [0.2, 0.25) is 5.88 Å². The Kier molecular flexibility index (Phi) is 4.12. The first-order valence-electron chi connectivity index (χ1n) is 5.56. The van der Waals surface area contributed by atoms with Crippen LogP contribution in [-0.2, 0) is 0 Å². The zero-order valence-corrected chi connectivity index (χ0v) is 11.0. The van der Waals surface area contributed by atoms with E-state index in [0.29, 0.717) is 18.5 Å². The maximum absolute atomic E-state index is 5.71. The van der Waals surface area contributed by atoms with E-state index in [1.165, 1.54) is 32.1 Å². The van der Waals surface area contributed by atoms with Crippen molar-refractivity contribution < 1.29 is 4.74 Å². The Balaban J connectivity index is 1.89. The fraction of sp³-hybridized carbons (Fsp3) is 0.636. The van der Waals surface area contributed by atoms with E-state index in [0.717, 1.165) is 4.47 Å². The molecule has 16 heavy (non-hydrogen) atoms. The molecule has 1 aliphatic rings. The summed E-state index contributed by atoms with van der Waals surface area (Å²) in [6, 6.07) is 0.510. The molecule has 0 radical (unpaired) electrons. The third-order valence-corrected chi connectivity index (χ3v) is 3.51. The van der Waals surface area contributed by atoms with Crippen LogP contribution >= 0.6 is 15.9 Å². The molecule has 1 fully saturated rings. The predicted molar refractivity (Wildman–Crippen MR) is 65.5 cm³/mol. The molecule has 2 rings (SSSR count). The summed E-state index contributed by atoms with van der Waals surface area (Å²) in [5.41, 5.74) is 0. The molecule has 4 nitrogen and oxygen atoms in total. The summed E-state index contributed by atoms with van der Waals surface area (Å²) >= 11 is 3.37. The van der Waals surface area contributed by atoms with E-state index in [2.05, 4.69) is 37.8 Å². The molecule has 1 atom stereocenters. The van der Waals surface area contributed by atoms with E-state index in [1.54, 1.807) is 6.20 Å². The number of aromatic nitrogens is 2. The van der Waals surface area contributed by atoms with Gasteiger partial charge in [-0.2, -0.15) is 0 Å². The summed E-state index contributed by atoms with van der Waals surface area (Å²) in [5, 5.41) is 0. The number of hydrogen-bond donors (Lipinski definition) is 0. The Labute approximate surface area is 104 Å². The highest BCUT2D eigenvalue weighted by atomic mass is 79.9. The maximum Gasteiger partial charge on any atom is 0.231 e. The normalized spacial score (nSPS) is 22.0. The van der Waals surface area contributed by atoms with Gasteiger partial charge >= 0.3 is 0 Å². The Morgan fingerprint density at radius 3 is 3.19 bits per heavy atom. The van der Waals surface area contributed by atoms with Crippen LogP contribution in [0.1, 0.15) is 19.3 Å². The maximum atomic E-state index is 5.71. The minimum atomic E-state index is 0.510. The molecule has 0 aromatic carbocycles. The number of halogens is 1. The highest BCUT2D eigenvalue weighted by Crippen LogP contribution is 2.21. The van der Waals surface area contributed by atoms with E-state index < -0.39 is 0 Å². The summed E-state index contributed by atoms with van der Waals surface area (Å²) in [5.74, 6) is 0.633. The molecule has 2 heterocycles. The first-order valence-corrected chi connectivity index (χ1v) is 6.35. The van der Waals surface area contributed by atoms with Crippen molar-refractivity contribution in [3.8, 4) is 5.88 Å². The summed E-state index contributed by atoms with van der Waals surface area (Å²) in [7, 11) is 2.15. The molecule has 1 aromatic heterocycles. The van der Waals surface area contributed by atoms with Gasteiger partial charge < -0.3 is 9.64 Å². The van der Waals surface area contributed by atoms with Crippen LogP contribution < -0.4 is 4.74 Å². The zero-order valence-electron chi connectivity index (χ0n) is 9.40. The van der Waals surface area contributed by atoms with Crippen molar-refractivity contribution in [2.24, 2.45) is 0 Å². The largest absolute Gasteiger partial charge is 0.475 e. The van der Waals surface area contributed by atoms with E-state index in [4.69, 9.17) is 4.74 Å². The van der Waals surface area contributed by atoms with Gasteiger partial charge in [-0.15, -0.1) is 0 Å². The van der Waals surface area contributed by atoms with Gasteiger partial charge in [-0.05, 0) is 42.4 Å². The molecule has 0 bridgehead atoms. The molecule has 1 aliphatic heterocycles. The Bertz CT molecular complexity index is 348. The summed E-state index contributed by atoms with van der Waals surface area (Å²) in [6.07, 6.45) is 7.00. The first-order chi connectivity index (χ1) is 7.77. The third kappa shape index (κ3) is 2.92. The highest BCUT2D eigenvalue weighted by Gasteiger charge is 2.19. The Morgan fingerprint density at radius 1 is 1.56 bits per heavy atom. The van der Waals surface area contributed by atoms with Crippen molar-refractivity contribution in [3.63, 3.8) is 0 Å². The van der Waals surface area contributed by atoms with Gasteiger partial charge in [-0.25, -0.2) is 9.97 Å². The Hall–Kier alpha value is -0.680. The number of likely N-dealkylation sites (tertiary alicyclic amines) is 1. The van der Waals surface area contributed by atoms with E-state index >= 15 is 0 Å². The van der Waals surface area contributed by atoms with Crippen molar-refractivity contribution in [3.05, 3.63) is 17.0 Å². The fourth-order valence-electron chi connectivity index (χ4n) is 1.94. The molecule has 0 amide bonds. The lowest BCUT2D eigenvalue weighted by Crippen LogP contribution is -2.40. The minimum Gasteiger partial charge on any atom is -0.475 e. The van der Waals surface area contributed by atoms with E-state index in [9.17, 15) is 0 Å². The molecule has 1 aromatic rings. The SMILES string of the molecule is CN1CCCCC1COc1ncncc1Br. The predicted octanol–water partition coefficient (Wildman–Crippen LogP) is 2.10. The second kappa shape index (κ2) is 5.59.